The molecule has 0 unspecified atom stereocenters. The third-order valence-electron chi connectivity index (χ3n) is 2.64. The summed E-state index contributed by atoms with van der Waals surface area (Å²) in [5.41, 5.74) is 6.76. The van der Waals surface area contributed by atoms with Crippen LogP contribution in [0.5, 0.6) is 5.75 Å². The Kier molecular flexibility index (Phi) is 3.88. The molecule has 1 heterocycles. The number of ether oxygens (including phenoxy) is 1. The van der Waals surface area contributed by atoms with E-state index >= 15 is 0 Å². The molecule has 0 radical (unpaired) electrons. The average molecular weight is 316 g/mol. The summed E-state index contributed by atoms with van der Waals surface area (Å²) in [6, 6.07) is 5.66. The summed E-state index contributed by atoms with van der Waals surface area (Å²) in [5.74, 6) is -0.287. The first-order valence-electron chi connectivity index (χ1n) is 6.19. The fourth-order valence-corrected chi connectivity index (χ4v) is 2.61. The molecule has 21 heavy (non-hydrogen) atoms. The molecule has 0 spiro atoms. The van der Waals surface area contributed by atoms with Gasteiger partial charge in [0.05, 0.1) is 0 Å². The van der Waals surface area contributed by atoms with Gasteiger partial charge in [0.1, 0.15) is 21.5 Å². The second kappa shape index (κ2) is 5.22. The van der Waals surface area contributed by atoms with E-state index in [0.29, 0.717) is 16.3 Å². The zero-order valence-electron chi connectivity index (χ0n) is 11.8. The van der Waals surface area contributed by atoms with Crippen LogP contribution >= 0.6 is 11.3 Å². The van der Waals surface area contributed by atoms with Crippen molar-refractivity contribution < 1.29 is 17.9 Å². The number of halogens is 3. The van der Waals surface area contributed by atoms with E-state index in [1.165, 1.54) is 29.5 Å². The van der Waals surface area contributed by atoms with Gasteiger partial charge in [0.25, 0.3) is 0 Å². The lowest BCUT2D eigenvalue weighted by Crippen LogP contribution is -2.17. The van der Waals surface area contributed by atoms with Gasteiger partial charge in [-0.2, -0.15) is 0 Å². The second-order valence-corrected chi connectivity index (χ2v) is 6.59. The number of nitrogens with zero attached hydrogens (tertiary/aromatic N) is 1. The van der Waals surface area contributed by atoms with Crippen molar-refractivity contribution >= 4 is 16.3 Å². The van der Waals surface area contributed by atoms with Crippen LogP contribution in [0.2, 0.25) is 0 Å². The van der Waals surface area contributed by atoms with Crippen molar-refractivity contribution in [3.63, 3.8) is 0 Å². The molecule has 0 bridgehead atoms. The van der Waals surface area contributed by atoms with Gasteiger partial charge < -0.3 is 10.5 Å². The number of anilines is 1. The maximum absolute atomic E-state index is 12.3. The third kappa shape index (κ3) is 3.87. The van der Waals surface area contributed by atoms with Crippen LogP contribution in [0.15, 0.2) is 24.3 Å². The molecule has 0 aliphatic rings. The number of nitrogens with two attached hydrogens (primary N) is 1. The normalized spacial score (nSPS) is 12.5. The Balaban J connectivity index is 2.39. The van der Waals surface area contributed by atoms with Gasteiger partial charge in [-0.1, -0.05) is 32.9 Å². The largest absolute Gasteiger partial charge is 0.573 e. The molecule has 0 aliphatic carbocycles. The van der Waals surface area contributed by atoms with Crippen molar-refractivity contribution in [2.24, 2.45) is 0 Å². The van der Waals surface area contributed by atoms with Gasteiger partial charge in [-0.3, -0.25) is 0 Å². The number of hydrogen-bond donors (Lipinski definition) is 1. The van der Waals surface area contributed by atoms with Gasteiger partial charge in [-0.05, 0) is 12.1 Å². The van der Waals surface area contributed by atoms with Crippen molar-refractivity contribution in [1.29, 1.82) is 0 Å². The third-order valence-corrected chi connectivity index (χ3v) is 3.95. The average Bonchev–Trinajstić information content (AvgIpc) is 2.69. The summed E-state index contributed by atoms with van der Waals surface area (Å²) in [5, 5.41) is 1.31. The van der Waals surface area contributed by atoms with Crippen LogP contribution in [0.25, 0.3) is 11.3 Å². The van der Waals surface area contributed by atoms with Crippen LogP contribution in [0.3, 0.4) is 0 Å². The summed E-state index contributed by atoms with van der Waals surface area (Å²) in [7, 11) is 0. The number of rotatable bonds is 2. The van der Waals surface area contributed by atoms with E-state index in [1.807, 2.05) is 20.8 Å². The summed E-state index contributed by atoms with van der Waals surface area (Å²) in [6.45, 7) is 5.99. The fraction of sp³-hybridized carbons (Fsp3) is 0.357. The predicted molar refractivity (Wildman–Crippen MR) is 77.3 cm³/mol. The molecule has 114 valence electrons. The Morgan fingerprint density at radius 2 is 1.86 bits per heavy atom. The molecule has 2 N–H and O–H groups in total. The molecule has 2 rings (SSSR count). The van der Waals surface area contributed by atoms with Crippen molar-refractivity contribution in [2.45, 2.75) is 32.5 Å². The molecule has 3 nitrogen and oxygen atoms in total. The number of nitrogen functional groups attached to an aromatic ring is 1. The minimum Gasteiger partial charge on any atom is -0.406 e. The summed E-state index contributed by atoms with van der Waals surface area (Å²) < 4.78 is 40.7. The zero-order valence-corrected chi connectivity index (χ0v) is 12.6. The number of benzene rings is 1. The molecule has 0 saturated heterocycles. The lowest BCUT2D eigenvalue weighted by Gasteiger charge is -2.13. The van der Waals surface area contributed by atoms with Gasteiger partial charge in [0, 0.05) is 11.0 Å². The number of hydrogen-bond acceptors (Lipinski definition) is 4. The van der Waals surface area contributed by atoms with Crippen LogP contribution in [-0.4, -0.2) is 11.3 Å². The SMILES string of the molecule is CC(C)(C)c1nc(-c2cccc(OC(F)(F)F)c2)c(N)s1. The Hall–Kier alpha value is -1.76. The molecule has 0 fully saturated rings. The number of thiazole rings is 1. The van der Waals surface area contributed by atoms with Crippen LogP contribution in [0.4, 0.5) is 18.2 Å². The van der Waals surface area contributed by atoms with E-state index in [2.05, 4.69) is 9.72 Å². The van der Waals surface area contributed by atoms with Crippen molar-refractivity contribution in [1.82, 2.24) is 4.98 Å². The molecule has 2 aromatic rings. The van der Waals surface area contributed by atoms with Crippen LogP contribution < -0.4 is 10.5 Å². The van der Waals surface area contributed by atoms with E-state index in [0.717, 1.165) is 5.01 Å². The summed E-state index contributed by atoms with van der Waals surface area (Å²) in [6.07, 6.45) is -4.72. The van der Waals surface area contributed by atoms with Gasteiger partial charge in [-0.25, -0.2) is 4.98 Å². The fourth-order valence-electron chi connectivity index (χ4n) is 1.70. The highest BCUT2D eigenvalue weighted by Gasteiger charge is 2.31. The van der Waals surface area contributed by atoms with Crippen LogP contribution in [0.1, 0.15) is 25.8 Å². The molecular weight excluding hydrogens is 301 g/mol. The smallest absolute Gasteiger partial charge is 0.406 e. The summed E-state index contributed by atoms with van der Waals surface area (Å²) in [4.78, 5) is 4.45. The Labute approximate surface area is 124 Å². The van der Waals surface area contributed by atoms with Crippen molar-refractivity contribution in [3.8, 4) is 17.0 Å². The lowest BCUT2D eigenvalue weighted by molar-refractivity contribution is -0.274. The monoisotopic (exact) mass is 316 g/mol. The highest BCUT2D eigenvalue weighted by atomic mass is 32.1. The van der Waals surface area contributed by atoms with Gasteiger partial charge in [-0.15, -0.1) is 24.5 Å². The van der Waals surface area contributed by atoms with Crippen molar-refractivity contribution in [3.05, 3.63) is 29.3 Å². The standard InChI is InChI=1S/C14H15F3N2OS/c1-13(2,3)12-19-10(11(18)21-12)8-5-4-6-9(7-8)20-14(15,16)17/h4-7H,18H2,1-3H3. The molecule has 0 saturated carbocycles. The Morgan fingerprint density at radius 1 is 1.19 bits per heavy atom. The molecular formula is C14H15F3N2OS. The van der Waals surface area contributed by atoms with Crippen LogP contribution in [-0.2, 0) is 5.41 Å². The molecule has 1 aromatic heterocycles. The minimum atomic E-state index is -4.72. The van der Waals surface area contributed by atoms with E-state index in [9.17, 15) is 13.2 Å². The van der Waals surface area contributed by atoms with Gasteiger partial charge >= 0.3 is 6.36 Å². The van der Waals surface area contributed by atoms with Gasteiger partial charge in [0.2, 0.25) is 0 Å². The minimum absolute atomic E-state index is 0.170. The first-order valence-corrected chi connectivity index (χ1v) is 7.01. The maximum Gasteiger partial charge on any atom is 0.573 e. The first kappa shape index (κ1) is 15.6. The molecule has 0 amide bonds. The van der Waals surface area contributed by atoms with E-state index in [-0.39, 0.29) is 11.2 Å². The van der Waals surface area contributed by atoms with E-state index in [1.54, 1.807) is 6.07 Å². The Bertz CT molecular complexity index is 644. The predicted octanol–water partition coefficient (Wildman–Crippen LogP) is 4.59. The van der Waals surface area contributed by atoms with E-state index < -0.39 is 6.36 Å². The molecule has 1 aromatic carbocycles. The molecule has 0 aliphatic heterocycles. The first-order chi connectivity index (χ1) is 9.56. The topological polar surface area (TPSA) is 48.1 Å². The zero-order chi connectivity index (χ0) is 15.8. The highest BCUT2D eigenvalue weighted by Crippen LogP contribution is 2.37. The van der Waals surface area contributed by atoms with Crippen molar-refractivity contribution in [2.75, 3.05) is 5.73 Å². The Morgan fingerprint density at radius 3 is 2.38 bits per heavy atom. The number of aromatic nitrogens is 1. The quantitative estimate of drug-likeness (QED) is 0.881. The number of alkyl halides is 3. The summed E-state index contributed by atoms with van der Waals surface area (Å²) >= 11 is 1.34. The van der Waals surface area contributed by atoms with Crippen LogP contribution in [0, 0.1) is 0 Å². The molecule has 7 heteroatoms. The van der Waals surface area contributed by atoms with E-state index in [4.69, 9.17) is 5.73 Å². The highest BCUT2D eigenvalue weighted by molar-refractivity contribution is 7.16. The lowest BCUT2D eigenvalue weighted by atomic mass is 9.98. The molecule has 0 atom stereocenters. The van der Waals surface area contributed by atoms with Gasteiger partial charge in [0.15, 0.2) is 0 Å². The second-order valence-electron chi connectivity index (χ2n) is 5.56. The maximum atomic E-state index is 12.3.